The van der Waals surface area contributed by atoms with Gasteiger partial charge in [0.2, 0.25) is 11.8 Å². The Bertz CT molecular complexity index is 1960. The summed E-state index contributed by atoms with van der Waals surface area (Å²) < 4.78 is 36.5. The van der Waals surface area contributed by atoms with Crippen molar-refractivity contribution in [1.29, 1.82) is 0 Å². The van der Waals surface area contributed by atoms with Crippen molar-refractivity contribution < 1.29 is 17.9 Å². The van der Waals surface area contributed by atoms with Gasteiger partial charge >= 0.3 is 0 Å². The fourth-order valence-electron chi connectivity index (χ4n) is 6.84. The lowest BCUT2D eigenvalue weighted by Crippen LogP contribution is -2.46. The Labute approximate surface area is 295 Å². The molecule has 1 amide bonds. The van der Waals surface area contributed by atoms with Crippen molar-refractivity contribution in [3.8, 4) is 17.1 Å². The van der Waals surface area contributed by atoms with Gasteiger partial charge in [0.05, 0.1) is 41.3 Å². The van der Waals surface area contributed by atoms with Crippen LogP contribution >= 0.6 is 0 Å². The zero-order valence-electron chi connectivity index (χ0n) is 29.8. The van der Waals surface area contributed by atoms with Crippen molar-refractivity contribution in [2.45, 2.75) is 97.2 Å². The summed E-state index contributed by atoms with van der Waals surface area (Å²) in [5.74, 6) is 0.557. The third-order valence-electron chi connectivity index (χ3n) is 10.0. The molecule has 1 saturated heterocycles. The topological polar surface area (TPSA) is 131 Å². The highest BCUT2D eigenvalue weighted by molar-refractivity contribution is 7.92. The van der Waals surface area contributed by atoms with Crippen LogP contribution < -0.4 is 14.4 Å². The maximum absolute atomic E-state index is 14.6. The molecule has 2 aromatic carbocycles. The van der Waals surface area contributed by atoms with Gasteiger partial charge in [-0.25, -0.2) is 23.1 Å². The first kappa shape index (κ1) is 35.3. The van der Waals surface area contributed by atoms with Crippen molar-refractivity contribution in [2.75, 3.05) is 22.8 Å². The zero-order valence-corrected chi connectivity index (χ0v) is 30.6. The van der Waals surface area contributed by atoms with E-state index < -0.39 is 16.1 Å². The number of amides is 1. The zero-order chi connectivity index (χ0) is 35.6. The standard InChI is InChI=1S/C38H47N7O4S/c1-7-38(5,6)20-30-24-49-34-19-32(35-25(2)12-10-13-26(35)3)41-37(42-34)43-50(47,48)31-16-11-15-28(18-31)36(46)45(30)23-29-21-39-22-33(40-29)44-17-9-8-14-27(44)4/h10-13,15-16,18-19,21-22,27,30H,7-9,14,17,20,23-24H2,1-6H3,(H,41,42,43)/t27-,30-/m1/s1. The molecule has 0 radical (unpaired) electrons. The number of aromatic nitrogens is 4. The second-order valence-corrected chi connectivity index (χ2v) is 16.0. The Balaban J connectivity index is 1.47. The van der Waals surface area contributed by atoms with Crippen LogP contribution in [0.1, 0.15) is 87.0 Å². The quantitative estimate of drug-likeness (QED) is 0.218. The second-order valence-electron chi connectivity index (χ2n) is 14.3. The molecule has 50 heavy (non-hydrogen) atoms. The molecule has 0 saturated carbocycles. The Morgan fingerprint density at radius 2 is 1.76 bits per heavy atom. The Hall–Kier alpha value is -4.58. The van der Waals surface area contributed by atoms with E-state index in [4.69, 9.17) is 9.72 Å². The van der Waals surface area contributed by atoms with Gasteiger partial charge in [-0.2, -0.15) is 4.98 Å². The van der Waals surface area contributed by atoms with Gasteiger partial charge in [-0.1, -0.05) is 51.5 Å². The summed E-state index contributed by atoms with van der Waals surface area (Å²) in [5.41, 5.74) is 4.10. The lowest BCUT2D eigenvalue weighted by molar-refractivity contribution is 0.0493. The molecule has 0 spiro atoms. The molecule has 4 bridgehead atoms. The second kappa shape index (κ2) is 14.3. The number of carbonyl (C=O) groups excluding carboxylic acids is 1. The summed E-state index contributed by atoms with van der Waals surface area (Å²) in [6.45, 7) is 13.8. The molecule has 2 atom stereocenters. The number of carbonyl (C=O) groups is 1. The Kier molecular flexibility index (Phi) is 10.1. The number of hydrogen-bond donors (Lipinski definition) is 1. The normalized spacial score (nSPS) is 19.4. The van der Waals surface area contributed by atoms with Crippen molar-refractivity contribution >= 4 is 27.7 Å². The average molecular weight is 698 g/mol. The van der Waals surface area contributed by atoms with Gasteiger partial charge in [-0.3, -0.25) is 9.78 Å². The van der Waals surface area contributed by atoms with Gasteiger partial charge in [0.15, 0.2) is 0 Å². The minimum absolute atomic E-state index is 0.0718. The van der Waals surface area contributed by atoms with Gasteiger partial charge in [-0.05, 0) is 81.2 Å². The molecule has 2 aliphatic rings. The number of aryl methyl sites for hydroxylation is 2. The predicted octanol–water partition coefficient (Wildman–Crippen LogP) is 6.96. The van der Waals surface area contributed by atoms with E-state index in [0.717, 1.165) is 48.3 Å². The molecule has 2 aliphatic heterocycles. The molecular weight excluding hydrogens is 651 g/mol. The minimum atomic E-state index is -4.18. The molecule has 0 aliphatic carbocycles. The lowest BCUT2D eigenvalue weighted by atomic mass is 9.83. The molecule has 4 aromatic rings. The summed E-state index contributed by atoms with van der Waals surface area (Å²) in [6.07, 6.45) is 8.35. The van der Waals surface area contributed by atoms with Crippen LogP contribution in [0.5, 0.6) is 5.88 Å². The van der Waals surface area contributed by atoms with E-state index in [1.54, 1.807) is 35.5 Å². The van der Waals surface area contributed by atoms with Crippen LogP contribution in [0.4, 0.5) is 11.8 Å². The number of ether oxygens (including phenoxy) is 1. The molecule has 264 valence electrons. The van der Waals surface area contributed by atoms with Crippen molar-refractivity contribution in [3.05, 3.63) is 83.3 Å². The van der Waals surface area contributed by atoms with Crippen LogP contribution in [0.3, 0.4) is 0 Å². The van der Waals surface area contributed by atoms with E-state index >= 15 is 0 Å². The van der Waals surface area contributed by atoms with E-state index in [-0.39, 0.29) is 46.8 Å². The SMILES string of the molecule is CCC(C)(C)C[C@@H]1COc2cc(-c3c(C)cccc3C)nc(n2)NS(=O)(=O)c2cccc(c2)C(=O)N1Cc1cncc(N2CCCC[C@H]2C)n1. The maximum atomic E-state index is 14.6. The first-order valence-electron chi connectivity index (χ1n) is 17.4. The summed E-state index contributed by atoms with van der Waals surface area (Å²) in [6, 6.07) is 13.7. The van der Waals surface area contributed by atoms with Crippen molar-refractivity contribution in [3.63, 3.8) is 0 Å². The third kappa shape index (κ3) is 7.75. The number of anilines is 2. The highest BCUT2D eigenvalue weighted by Gasteiger charge is 2.33. The monoisotopic (exact) mass is 697 g/mol. The van der Waals surface area contributed by atoms with Crippen LogP contribution in [0.25, 0.3) is 11.3 Å². The summed E-state index contributed by atoms with van der Waals surface area (Å²) in [5, 5.41) is 0. The highest BCUT2D eigenvalue weighted by Crippen LogP contribution is 2.33. The van der Waals surface area contributed by atoms with E-state index in [1.165, 1.54) is 18.6 Å². The molecule has 2 aromatic heterocycles. The summed E-state index contributed by atoms with van der Waals surface area (Å²) in [4.78, 5) is 37.3. The molecular formula is C38H47N7O4S. The van der Waals surface area contributed by atoms with E-state index in [0.29, 0.717) is 23.9 Å². The first-order chi connectivity index (χ1) is 23.8. The van der Waals surface area contributed by atoms with E-state index in [2.05, 4.69) is 52.3 Å². The Morgan fingerprint density at radius 1 is 1.00 bits per heavy atom. The van der Waals surface area contributed by atoms with Crippen LogP contribution in [-0.4, -0.2) is 64.4 Å². The first-order valence-corrected chi connectivity index (χ1v) is 18.9. The number of sulfonamides is 1. The number of benzene rings is 2. The number of fused-ring (bicyclic) bond motifs is 4. The fraction of sp³-hybridized carbons (Fsp3) is 0.447. The third-order valence-corrected chi connectivity index (χ3v) is 11.4. The molecule has 11 nitrogen and oxygen atoms in total. The smallest absolute Gasteiger partial charge is 0.264 e. The molecule has 12 heteroatoms. The van der Waals surface area contributed by atoms with Gasteiger partial charge in [0, 0.05) is 29.8 Å². The Morgan fingerprint density at radius 3 is 2.50 bits per heavy atom. The number of rotatable bonds is 7. The number of hydrogen-bond acceptors (Lipinski definition) is 9. The molecule has 1 fully saturated rings. The van der Waals surface area contributed by atoms with Crippen LogP contribution in [0, 0.1) is 19.3 Å². The van der Waals surface area contributed by atoms with Gasteiger partial charge < -0.3 is 14.5 Å². The van der Waals surface area contributed by atoms with Crippen molar-refractivity contribution in [1.82, 2.24) is 24.8 Å². The highest BCUT2D eigenvalue weighted by atomic mass is 32.2. The average Bonchev–Trinajstić information content (AvgIpc) is 3.09. The minimum Gasteiger partial charge on any atom is -0.475 e. The van der Waals surface area contributed by atoms with E-state index in [1.807, 2.05) is 32.0 Å². The van der Waals surface area contributed by atoms with Gasteiger partial charge in [0.25, 0.3) is 15.9 Å². The van der Waals surface area contributed by atoms with Crippen LogP contribution in [0.15, 0.2) is 65.8 Å². The number of nitrogens with zero attached hydrogens (tertiary/aromatic N) is 6. The number of nitrogens with one attached hydrogen (secondary N) is 1. The summed E-state index contributed by atoms with van der Waals surface area (Å²) >= 11 is 0. The fourth-order valence-corrected chi connectivity index (χ4v) is 7.83. The van der Waals surface area contributed by atoms with Crippen molar-refractivity contribution in [2.24, 2.45) is 5.41 Å². The van der Waals surface area contributed by atoms with Crippen LogP contribution in [0.2, 0.25) is 0 Å². The van der Waals surface area contributed by atoms with Gasteiger partial charge in [-0.15, -0.1) is 0 Å². The summed E-state index contributed by atoms with van der Waals surface area (Å²) in [7, 11) is -4.18. The number of piperidine rings is 1. The molecule has 0 unspecified atom stereocenters. The lowest BCUT2D eigenvalue weighted by Gasteiger charge is -2.37. The molecule has 4 heterocycles. The molecule has 1 N–H and O–H groups in total. The molecule has 6 rings (SSSR count). The largest absolute Gasteiger partial charge is 0.475 e. The van der Waals surface area contributed by atoms with Gasteiger partial charge in [0.1, 0.15) is 12.4 Å². The van der Waals surface area contributed by atoms with Crippen LogP contribution in [-0.2, 0) is 16.6 Å². The maximum Gasteiger partial charge on any atom is 0.264 e. The predicted molar refractivity (Wildman–Crippen MR) is 195 cm³/mol. The van der Waals surface area contributed by atoms with E-state index in [9.17, 15) is 13.2 Å².